The summed E-state index contributed by atoms with van der Waals surface area (Å²) in [6.07, 6.45) is 5.69. The third-order valence-electron chi connectivity index (χ3n) is 13.4. The predicted molar refractivity (Wildman–Crippen MR) is 210 cm³/mol. The lowest BCUT2D eigenvalue weighted by Gasteiger charge is -2.44. The van der Waals surface area contributed by atoms with Crippen LogP contribution in [-0.2, 0) is 5.41 Å². The Morgan fingerprint density at radius 3 is 2.18 bits per heavy atom. The molecule has 4 saturated carbocycles. The highest BCUT2D eigenvalue weighted by Gasteiger charge is 2.65. The number of anilines is 3. The van der Waals surface area contributed by atoms with Crippen LogP contribution in [0.1, 0.15) is 36.8 Å². The zero-order chi connectivity index (χ0) is 33.3. The Bertz CT molecular complexity index is 2690. The molecule has 4 bridgehead atoms. The molecule has 0 amide bonds. The van der Waals surface area contributed by atoms with Gasteiger partial charge in [0.05, 0.1) is 5.69 Å². The normalized spacial score (nSPS) is 23.8. The summed E-state index contributed by atoms with van der Waals surface area (Å²) in [7, 11) is 0. The molecule has 1 aromatic heterocycles. The molecular weight excluding hydrogens is 619 g/mol. The Balaban J connectivity index is 0.990. The second-order valence-electron chi connectivity index (χ2n) is 15.7. The van der Waals surface area contributed by atoms with Crippen LogP contribution in [0, 0.1) is 23.7 Å². The minimum atomic E-state index is 0.194. The number of furan rings is 1. The molecular formula is C49H37NO. The quantitative estimate of drug-likeness (QED) is 0.188. The van der Waals surface area contributed by atoms with E-state index in [9.17, 15) is 0 Å². The van der Waals surface area contributed by atoms with Gasteiger partial charge in [-0.15, -0.1) is 0 Å². The van der Waals surface area contributed by atoms with E-state index in [2.05, 4.69) is 150 Å². The van der Waals surface area contributed by atoms with Crippen molar-refractivity contribution < 1.29 is 4.42 Å². The van der Waals surface area contributed by atoms with Crippen LogP contribution in [0.3, 0.4) is 0 Å². The van der Waals surface area contributed by atoms with Crippen LogP contribution in [-0.4, -0.2) is 0 Å². The maximum Gasteiger partial charge on any atom is 0.137 e. The largest absolute Gasteiger partial charge is 0.456 e. The van der Waals surface area contributed by atoms with Gasteiger partial charge in [-0.3, -0.25) is 0 Å². The van der Waals surface area contributed by atoms with Gasteiger partial charge in [-0.2, -0.15) is 0 Å². The average molecular weight is 656 g/mol. The maximum atomic E-state index is 6.39. The van der Waals surface area contributed by atoms with Gasteiger partial charge in [-0.25, -0.2) is 0 Å². The fourth-order valence-corrected chi connectivity index (χ4v) is 11.6. The van der Waals surface area contributed by atoms with Crippen molar-refractivity contribution in [3.05, 3.63) is 163 Å². The SMILES string of the molecule is c1ccc2c(c1)-c1ccc(-c3ccc(N(c4ccc5c(c4)oc4ccccc45)c4cccc5ccccc45)cc3)cc1C21C2CC3CC(C2)C1C3. The van der Waals surface area contributed by atoms with Crippen LogP contribution < -0.4 is 4.90 Å². The highest BCUT2D eigenvalue weighted by Crippen LogP contribution is 2.73. The average Bonchev–Trinajstić information content (AvgIpc) is 3.86. The molecule has 1 spiro atoms. The molecule has 13 rings (SSSR count). The van der Waals surface area contributed by atoms with Gasteiger partial charge in [0.1, 0.15) is 11.2 Å². The van der Waals surface area contributed by atoms with Crippen molar-refractivity contribution in [1.82, 2.24) is 0 Å². The molecule has 0 N–H and O–H groups in total. The van der Waals surface area contributed by atoms with Gasteiger partial charge in [0.15, 0.2) is 0 Å². The number of benzene rings is 7. The Hall–Kier alpha value is -5.60. The first kappa shape index (κ1) is 28.1. The molecule has 1 heterocycles. The lowest BCUT2D eigenvalue weighted by atomic mass is 9.59. The standard InChI is InChI=1S/C49H37NO/c1-2-10-38-32(8-1)9-7-14-46(38)50(37-21-23-42-41-12-4-6-15-47(41)51-48(42)29-37)36-19-16-31(17-20-36)33-18-22-40-39-11-3-5-13-43(39)49(45(40)28-33)35-25-30-24-34(27-35)44(49)26-30/h1-23,28-30,34-35,44H,24-27H2. The first-order valence-electron chi connectivity index (χ1n) is 18.8. The van der Waals surface area contributed by atoms with E-state index < -0.39 is 0 Å². The van der Waals surface area contributed by atoms with E-state index in [4.69, 9.17) is 4.42 Å². The van der Waals surface area contributed by atoms with E-state index >= 15 is 0 Å². The lowest BCUT2D eigenvalue weighted by Crippen LogP contribution is -2.40. The summed E-state index contributed by atoms with van der Waals surface area (Å²) in [5.74, 6) is 3.42. The Kier molecular flexibility index (Phi) is 5.65. The third-order valence-corrected chi connectivity index (χ3v) is 13.4. The van der Waals surface area contributed by atoms with E-state index in [1.165, 1.54) is 58.7 Å². The van der Waals surface area contributed by atoms with Crippen molar-refractivity contribution in [2.45, 2.75) is 31.1 Å². The smallest absolute Gasteiger partial charge is 0.137 e. The molecule has 5 atom stereocenters. The number of hydrogen-bond donors (Lipinski definition) is 0. The molecule has 5 aliphatic carbocycles. The van der Waals surface area contributed by atoms with Crippen LogP contribution in [0.5, 0.6) is 0 Å². The summed E-state index contributed by atoms with van der Waals surface area (Å²) >= 11 is 0. The number of nitrogens with zero attached hydrogens (tertiary/aromatic N) is 1. The number of fused-ring (bicyclic) bond motifs is 7. The van der Waals surface area contributed by atoms with Gasteiger partial charge in [0, 0.05) is 39.0 Å². The molecule has 244 valence electrons. The monoisotopic (exact) mass is 655 g/mol. The highest BCUT2D eigenvalue weighted by molar-refractivity contribution is 6.07. The number of hydrogen-bond acceptors (Lipinski definition) is 2. The molecule has 2 nitrogen and oxygen atoms in total. The van der Waals surface area contributed by atoms with Crippen molar-refractivity contribution in [1.29, 1.82) is 0 Å². The van der Waals surface area contributed by atoms with Crippen molar-refractivity contribution in [3.63, 3.8) is 0 Å². The van der Waals surface area contributed by atoms with E-state index in [0.29, 0.717) is 0 Å². The summed E-state index contributed by atoms with van der Waals surface area (Å²) in [5.41, 5.74) is 14.2. The van der Waals surface area contributed by atoms with Gasteiger partial charge >= 0.3 is 0 Å². The molecule has 51 heavy (non-hydrogen) atoms. The summed E-state index contributed by atoms with van der Waals surface area (Å²) in [5, 5.41) is 4.74. The van der Waals surface area contributed by atoms with Crippen LogP contribution in [0.15, 0.2) is 156 Å². The fraction of sp³-hybridized carbons (Fsp3) is 0.184. The zero-order valence-corrected chi connectivity index (χ0v) is 28.4. The van der Waals surface area contributed by atoms with Crippen molar-refractivity contribution in [3.8, 4) is 22.3 Å². The van der Waals surface area contributed by atoms with Crippen molar-refractivity contribution in [2.75, 3.05) is 4.90 Å². The molecule has 2 heteroatoms. The van der Waals surface area contributed by atoms with Crippen LogP contribution >= 0.6 is 0 Å². The zero-order valence-electron chi connectivity index (χ0n) is 28.4. The van der Waals surface area contributed by atoms with E-state index in [1.807, 2.05) is 6.07 Å². The Morgan fingerprint density at radius 1 is 0.510 bits per heavy atom. The van der Waals surface area contributed by atoms with E-state index in [-0.39, 0.29) is 5.41 Å². The maximum absolute atomic E-state index is 6.39. The molecule has 7 aromatic carbocycles. The molecule has 4 fully saturated rings. The fourth-order valence-electron chi connectivity index (χ4n) is 11.6. The van der Waals surface area contributed by atoms with Gasteiger partial charge in [-0.1, -0.05) is 103 Å². The van der Waals surface area contributed by atoms with Crippen molar-refractivity contribution >= 4 is 49.8 Å². The predicted octanol–water partition coefficient (Wildman–Crippen LogP) is 13.2. The minimum absolute atomic E-state index is 0.194. The minimum Gasteiger partial charge on any atom is -0.456 e. The van der Waals surface area contributed by atoms with Crippen LogP contribution in [0.2, 0.25) is 0 Å². The number of para-hydroxylation sites is 1. The first-order chi connectivity index (χ1) is 25.2. The Morgan fingerprint density at radius 2 is 1.25 bits per heavy atom. The molecule has 0 saturated heterocycles. The van der Waals surface area contributed by atoms with Crippen molar-refractivity contribution in [2.24, 2.45) is 23.7 Å². The Labute approximate surface area is 298 Å². The summed E-state index contributed by atoms with van der Waals surface area (Å²) < 4.78 is 6.39. The highest BCUT2D eigenvalue weighted by atomic mass is 16.3. The van der Waals surface area contributed by atoms with E-state index in [0.717, 1.165) is 62.7 Å². The van der Waals surface area contributed by atoms with Gasteiger partial charge in [0.25, 0.3) is 0 Å². The summed E-state index contributed by atoms with van der Waals surface area (Å²) in [4.78, 5) is 2.39. The second kappa shape index (κ2) is 10.2. The van der Waals surface area contributed by atoms with Gasteiger partial charge in [0.2, 0.25) is 0 Å². The van der Waals surface area contributed by atoms with Gasteiger partial charge in [-0.05, 0) is 131 Å². The third kappa shape index (κ3) is 3.78. The topological polar surface area (TPSA) is 16.4 Å². The molecule has 5 aliphatic rings. The second-order valence-corrected chi connectivity index (χ2v) is 15.7. The first-order valence-corrected chi connectivity index (χ1v) is 18.8. The molecule has 0 radical (unpaired) electrons. The summed E-state index contributed by atoms with van der Waals surface area (Å²) in [6, 6.07) is 56.3. The van der Waals surface area contributed by atoms with E-state index in [1.54, 1.807) is 11.1 Å². The lowest BCUT2D eigenvalue weighted by molar-refractivity contribution is 0.191. The number of rotatable bonds is 4. The molecule has 5 unspecified atom stereocenters. The van der Waals surface area contributed by atoms with Crippen LogP contribution in [0.4, 0.5) is 17.1 Å². The summed E-state index contributed by atoms with van der Waals surface area (Å²) in [6.45, 7) is 0. The molecule has 0 aliphatic heterocycles. The molecule has 8 aromatic rings. The van der Waals surface area contributed by atoms with Gasteiger partial charge < -0.3 is 9.32 Å². The van der Waals surface area contributed by atoms with Crippen LogP contribution in [0.25, 0.3) is 55.0 Å².